The van der Waals surface area contributed by atoms with Gasteiger partial charge in [-0.1, -0.05) is 0 Å². The van der Waals surface area contributed by atoms with E-state index in [0.29, 0.717) is 25.5 Å². The Hall–Kier alpha value is -2.63. The first-order valence-electron chi connectivity index (χ1n) is 7.73. The van der Waals surface area contributed by atoms with Crippen molar-refractivity contribution in [2.75, 3.05) is 20.2 Å². The molecule has 1 aromatic heterocycles. The summed E-state index contributed by atoms with van der Waals surface area (Å²) in [6.07, 6.45) is 2.57. The maximum atomic E-state index is 11.9. The standard InChI is InChI=1S/C17H20N4O2/c1-3-18-17(22)21-9-8-15-13(11-21)10-19-16(20-15)12-4-6-14(23-2)7-5-12/h4-7,10H,3,8-9,11H2,1-2H3,(H,18,22). The minimum Gasteiger partial charge on any atom is -0.497 e. The second-order valence-corrected chi connectivity index (χ2v) is 5.40. The summed E-state index contributed by atoms with van der Waals surface area (Å²) in [5.74, 6) is 1.52. The van der Waals surface area contributed by atoms with Gasteiger partial charge in [-0.3, -0.25) is 0 Å². The van der Waals surface area contributed by atoms with E-state index in [-0.39, 0.29) is 6.03 Å². The predicted molar refractivity (Wildman–Crippen MR) is 87.2 cm³/mol. The molecule has 0 fully saturated rings. The first kappa shape index (κ1) is 15.3. The molecule has 23 heavy (non-hydrogen) atoms. The van der Waals surface area contributed by atoms with Crippen molar-refractivity contribution in [3.05, 3.63) is 41.7 Å². The van der Waals surface area contributed by atoms with Gasteiger partial charge in [0, 0.05) is 36.8 Å². The van der Waals surface area contributed by atoms with Crippen molar-refractivity contribution in [1.82, 2.24) is 20.2 Å². The molecule has 120 valence electrons. The number of aromatic nitrogens is 2. The lowest BCUT2D eigenvalue weighted by Gasteiger charge is -2.28. The van der Waals surface area contributed by atoms with Crippen molar-refractivity contribution in [3.8, 4) is 17.1 Å². The molecule has 6 heteroatoms. The van der Waals surface area contributed by atoms with E-state index in [2.05, 4.69) is 15.3 Å². The van der Waals surface area contributed by atoms with Crippen molar-refractivity contribution in [1.29, 1.82) is 0 Å². The number of nitrogens with one attached hydrogen (secondary N) is 1. The van der Waals surface area contributed by atoms with Crippen LogP contribution in [0.3, 0.4) is 0 Å². The van der Waals surface area contributed by atoms with Crippen LogP contribution < -0.4 is 10.1 Å². The highest BCUT2D eigenvalue weighted by molar-refractivity contribution is 5.74. The summed E-state index contributed by atoms with van der Waals surface area (Å²) in [6.45, 7) is 3.79. The second-order valence-electron chi connectivity index (χ2n) is 5.40. The van der Waals surface area contributed by atoms with Gasteiger partial charge in [-0.05, 0) is 31.2 Å². The molecule has 0 atom stereocenters. The molecule has 0 radical (unpaired) electrons. The molecule has 1 aliphatic heterocycles. The number of nitrogens with zero attached hydrogens (tertiary/aromatic N) is 3. The number of rotatable bonds is 3. The fourth-order valence-electron chi connectivity index (χ4n) is 2.63. The minimum absolute atomic E-state index is 0.0302. The van der Waals surface area contributed by atoms with E-state index in [9.17, 15) is 4.79 Å². The van der Waals surface area contributed by atoms with Crippen molar-refractivity contribution in [3.63, 3.8) is 0 Å². The lowest BCUT2D eigenvalue weighted by molar-refractivity contribution is 0.192. The largest absolute Gasteiger partial charge is 0.497 e. The first-order valence-corrected chi connectivity index (χ1v) is 7.73. The number of carbonyl (C=O) groups excluding carboxylic acids is 1. The zero-order valence-electron chi connectivity index (χ0n) is 13.4. The maximum absolute atomic E-state index is 11.9. The highest BCUT2D eigenvalue weighted by atomic mass is 16.5. The SMILES string of the molecule is CCNC(=O)N1CCc2nc(-c3ccc(OC)cc3)ncc2C1. The summed E-state index contributed by atoms with van der Waals surface area (Å²) >= 11 is 0. The van der Waals surface area contributed by atoms with Crippen molar-refractivity contribution in [2.45, 2.75) is 19.9 Å². The van der Waals surface area contributed by atoms with E-state index < -0.39 is 0 Å². The van der Waals surface area contributed by atoms with Crippen LogP contribution in [0.1, 0.15) is 18.2 Å². The average Bonchev–Trinajstić information content (AvgIpc) is 2.61. The van der Waals surface area contributed by atoms with Gasteiger partial charge in [0.25, 0.3) is 0 Å². The molecule has 2 aromatic rings. The molecule has 6 nitrogen and oxygen atoms in total. The van der Waals surface area contributed by atoms with Crippen LogP contribution in [0.25, 0.3) is 11.4 Å². The zero-order chi connectivity index (χ0) is 16.2. The third-order valence-corrected chi connectivity index (χ3v) is 3.90. The van der Waals surface area contributed by atoms with Crippen LogP contribution in [-0.2, 0) is 13.0 Å². The molecule has 2 amide bonds. The molecule has 1 aliphatic rings. The molecule has 0 spiro atoms. The number of methoxy groups -OCH3 is 1. The monoisotopic (exact) mass is 312 g/mol. The molecule has 0 saturated carbocycles. The number of fused-ring (bicyclic) bond motifs is 1. The van der Waals surface area contributed by atoms with E-state index >= 15 is 0 Å². The predicted octanol–water partition coefficient (Wildman–Crippen LogP) is 2.24. The van der Waals surface area contributed by atoms with Crippen LogP contribution in [0.2, 0.25) is 0 Å². The molecule has 1 N–H and O–H groups in total. The Morgan fingerprint density at radius 1 is 1.35 bits per heavy atom. The average molecular weight is 312 g/mol. The Bertz CT molecular complexity index is 700. The summed E-state index contributed by atoms with van der Waals surface area (Å²) in [7, 11) is 1.64. The summed E-state index contributed by atoms with van der Waals surface area (Å²) < 4.78 is 5.17. The molecular formula is C17H20N4O2. The van der Waals surface area contributed by atoms with E-state index in [1.165, 1.54) is 0 Å². The minimum atomic E-state index is -0.0302. The third-order valence-electron chi connectivity index (χ3n) is 3.90. The van der Waals surface area contributed by atoms with Crippen LogP contribution in [0.5, 0.6) is 5.75 Å². The van der Waals surface area contributed by atoms with Crippen LogP contribution in [-0.4, -0.2) is 41.1 Å². The molecule has 0 saturated heterocycles. The number of urea groups is 1. The van der Waals surface area contributed by atoms with Gasteiger partial charge in [-0.2, -0.15) is 0 Å². The fraction of sp³-hybridized carbons (Fsp3) is 0.353. The number of ether oxygens (including phenoxy) is 1. The third kappa shape index (κ3) is 3.26. The lowest BCUT2D eigenvalue weighted by atomic mass is 10.1. The Labute approximate surface area is 135 Å². The Balaban J connectivity index is 1.79. The topological polar surface area (TPSA) is 67.4 Å². The van der Waals surface area contributed by atoms with Gasteiger partial charge in [0.15, 0.2) is 5.82 Å². The Morgan fingerprint density at radius 3 is 2.83 bits per heavy atom. The first-order chi connectivity index (χ1) is 11.2. The number of hydrogen-bond donors (Lipinski definition) is 1. The van der Waals surface area contributed by atoms with Gasteiger partial charge in [0.05, 0.1) is 19.3 Å². The number of amides is 2. The Morgan fingerprint density at radius 2 is 2.13 bits per heavy atom. The van der Waals surface area contributed by atoms with Gasteiger partial charge in [-0.15, -0.1) is 0 Å². The molecule has 2 heterocycles. The highest BCUT2D eigenvalue weighted by Gasteiger charge is 2.22. The molecule has 3 rings (SSSR count). The normalized spacial score (nSPS) is 13.4. The second kappa shape index (κ2) is 6.64. The number of benzene rings is 1. The summed E-state index contributed by atoms with van der Waals surface area (Å²) in [6, 6.07) is 7.66. The van der Waals surface area contributed by atoms with Crippen molar-refractivity contribution in [2.24, 2.45) is 0 Å². The van der Waals surface area contributed by atoms with Crippen LogP contribution in [0.4, 0.5) is 4.79 Å². The van der Waals surface area contributed by atoms with E-state index in [1.54, 1.807) is 12.0 Å². The fourth-order valence-corrected chi connectivity index (χ4v) is 2.63. The molecule has 0 unspecified atom stereocenters. The maximum Gasteiger partial charge on any atom is 0.317 e. The van der Waals surface area contributed by atoms with Gasteiger partial charge >= 0.3 is 6.03 Å². The summed E-state index contributed by atoms with van der Waals surface area (Å²) in [5, 5.41) is 2.83. The van der Waals surface area contributed by atoms with Crippen LogP contribution in [0.15, 0.2) is 30.5 Å². The van der Waals surface area contributed by atoms with Gasteiger partial charge in [-0.25, -0.2) is 14.8 Å². The number of hydrogen-bond acceptors (Lipinski definition) is 4. The summed E-state index contributed by atoms with van der Waals surface area (Å²) in [4.78, 5) is 22.8. The van der Waals surface area contributed by atoms with E-state index in [1.807, 2.05) is 37.4 Å². The van der Waals surface area contributed by atoms with Gasteiger partial charge in [0.2, 0.25) is 0 Å². The van der Waals surface area contributed by atoms with Gasteiger partial charge in [0.1, 0.15) is 5.75 Å². The van der Waals surface area contributed by atoms with E-state index in [0.717, 1.165) is 29.0 Å². The van der Waals surface area contributed by atoms with E-state index in [4.69, 9.17) is 4.74 Å². The summed E-state index contributed by atoms with van der Waals surface area (Å²) in [5.41, 5.74) is 2.99. The molecular weight excluding hydrogens is 292 g/mol. The highest BCUT2D eigenvalue weighted by Crippen LogP contribution is 2.22. The zero-order valence-corrected chi connectivity index (χ0v) is 13.4. The van der Waals surface area contributed by atoms with Crippen LogP contribution >= 0.6 is 0 Å². The molecule has 0 bridgehead atoms. The smallest absolute Gasteiger partial charge is 0.317 e. The molecule has 1 aromatic carbocycles. The van der Waals surface area contributed by atoms with Crippen molar-refractivity contribution < 1.29 is 9.53 Å². The lowest BCUT2D eigenvalue weighted by Crippen LogP contribution is -2.42. The Kier molecular flexibility index (Phi) is 4.41. The molecule has 0 aliphatic carbocycles. The van der Waals surface area contributed by atoms with Crippen molar-refractivity contribution >= 4 is 6.03 Å². The van der Waals surface area contributed by atoms with Gasteiger partial charge < -0.3 is 15.0 Å². The quantitative estimate of drug-likeness (QED) is 0.944. The number of carbonyl (C=O) groups is 1. The van der Waals surface area contributed by atoms with Crippen LogP contribution in [0, 0.1) is 0 Å².